The third kappa shape index (κ3) is 3.22. The Labute approximate surface area is 116 Å². The quantitative estimate of drug-likeness (QED) is 0.838. The molecule has 19 heavy (non-hydrogen) atoms. The van der Waals surface area contributed by atoms with E-state index in [4.69, 9.17) is 4.74 Å². The second kappa shape index (κ2) is 4.97. The Morgan fingerprint density at radius 3 is 2.53 bits per heavy atom. The van der Waals surface area contributed by atoms with Crippen LogP contribution in [0.2, 0.25) is 0 Å². The van der Waals surface area contributed by atoms with Crippen LogP contribution in [0.4, 0.5) is 4.79 Å². The Morgan fingerprint density at radius 2 is 2.05 bits per heavy atom. The summed E-state index contributed by atoms with van der Waals surface area (Å²) in [5.41, 5.74) is -0.369. The summed E-state index contributed by atoms with van der Waals surface area (Å²) in [6.07, 6.45) is 3.84. The molecule has 1 amide bonds. The summed E-state index contributed by atoms with van der Waals surface area (Å²) >= 11 is 0. The monoisotopic (exact) mass is 269 g/mol. The lowest BCUT2D eigenvalue weighted by Gasteiger charge is -2.39. The van der Waals surface area contributed by atoms with Crippen molar-refractivity contribution in [1.29, 1.82) is 0 Å². The van der Waals surface area contributed by atoms with Crippen molar-refractivity contribution in [2.24, 2.45) is 11.3 Å². The van der Waals surface area contributed by atoms with Gasteiger partial charge >= 0.3 is 6.09 Å². The van der Waals surface area contributed by atoms with Gasteiger partial charge in [0.2, 0.25) is 0 Å². The van der Waals surface area contributed by atoms with Crippen LogP contribution < -0.4 is 0 Å². The predicted molar refractivity (Wildman–Crippen MR) is 73.9 cm³/mol. The van der Waals surface area contributed by atoms with Crippen LogP contribution in [0.5, 0.6) is 0 Å². The van der Waals surface area contributed by atoms with E-state index in [1.165, 1.54) is 0 Å². The average Bonchev–Trinajstić information content (AvgIpc) is 3.08. The molecule has 0 aromatic rings. The van der Waals surface area contributed by atoms with E-state index in [-0.39, 0.29) is 17.6 Å². The number of carbonyl (C=O) groups excluding carboxylic acids is 1. The van der Waals surface area contributed by atoms with E-state index in [0.717, 1.165) is 38.8 Å². The molecule has 0 spiro atoms. The Morgan fingerprint density at radius 1 is 1.42 bits per heavy atom. The highest BCUT2D eigenvalue weighted by atomic mass is 16.6. The van der Waals surface area contributed by atoms with Crippen LogP contribution in [0.25, 0.3) is 0 Å². The highest BCUT2D eigenvalue weighted by molar-refractivity contribution is 5.68. The van der Waals surface area contributed by atoms with Gasteiger partial charge in [0.15, 0.2) is 0 Å². The molecule has 2 aliphatic rings. The number of aliphatic hydroxyl groups is 1. The van der Waals surface area contributed by atoms with Crippen LogP contribution in [-0.4, -0.2) is 40.9 Å². The highest BCUT2D eigenvalue weighted by Crippen LogP contribution is 2.57. The summed E-state index contributed by atoms with van der Waals surface area (Å²) in [5.74, 6) is 0.425. The van der Waals surface area contributed by atoms with Crippen LogP contribution in [0.3, 0.4) is 0 Å². The summed E-state index contributed by atoms with van der Waals surface area (Å²) < 4.78 is 5.44. The number of nitrogens with zero attached hydrogens (tertiary/aromatic N) is 1. The number of aliphatic hydroxyl groups excluding tert-OH is 1. The lowest BCUT2D eigenvalue weighted by molar-refractivity contribution is -0.00218. The zero-order valence-corrected chi connectivity index (χ0v) is 12.6. The summed E-state index contributed by atoms with van der Waals surface area (Å²) in [6, 6.07) is 0. The highest BCUT2D eigenvalue weighted by Gasteiger charge is 2.53. The van der Waals surface area contributed by atoms with Crippen molar-refractivity contribution in [2.75, 3.05) is 13.1 Å². The predicted octanol–water partition coefficient (Wildman–Crippen LogP) is 2.79. The molecular weight excluding hydrogens is 242 g/mol. The third-order valence-corrected chi connectivity index (χ3v) is 4.55. The molecule has 110 valence electrons. The third-order valence-electron chi connectivity index (χ3n) is 4.55. The smallest absolute Gasteiger partial charge is 0.410 e. The molecule has 2 rings (SSSR count). The standard InChI is InChI=1S/C15H27NO3/c1-11(17)15(7-8-15)12-6-5-9-16(10-12)13(18)19-14(2,3)4/h11-12,17H,5-10H2,1-4H3. The molecule has 0 aromatic carbocycles. The SMILES string of the molecule is CC(O)C1(C2CCCN(C(=O)OC(C)(C)C)C2)CC1. The van der Waals surface area contributed by atoms with Crippen LogP contribution in [0, 0.1) is 11.3 Å². The molecule has 1 N–H and O–H groups in total. The van der Waals surface area contributed by atoms with Crippen molar-refractivity contribution in [3.05, 3.63) is 0 Å². The minimum absolute atomic E-state index is 0.0701. The Hall–Kier alpha value is -0.770. The molecule has 0 bridgehead atoms. The zero-order valence-electron chi connectivity index (χ0n) is 12.6. The normalized spacial score (nSPS) is 27.8. The van der Waals surface area contributed by atoms with Crippen molar-refractivity contribution in [3.8, 4) is 0 Å². The number of hydrogen-bond donors (Lipinski definition) is 1. The van der Waals surface area contributed by atoms with E-state index in [1.54, 1.807) is 0 Å². The van der Waals surface area contributed by atoms with Gasteiger partial charge in [0.1, 0.15) is 5.60 Å². The molecule has 2 atom stereocenters. The number of ether oxygens (including phenoxy) is 1. The molecule has 1 aliphatic heterocycles. The molecule has 1 saturated heterocycles. The summed E-state index contributed by atoms with van der Waals surface area (Å²) in [4.78, 5) is 13.9. The minimum atomic E-state index is -0.439. The first-order valence-electron chi connectivity index (χ1n) is 7.40. The Kier molecular flexibility index (Phi) is 3.83. The van der Waals surface area contributed by atoms with E-state index in [1.807, 2.05) is 32.6 Å². The van der Waals surface area contributed by atoms with Crippen LogP contribution in [-0.2, 0) is 4.74 Å². The van der Waals surface area contributed by atoms with Crippen molar-refractivity contribution < 1.29 is 14.6 Å². The van der Waals surface area contributed by atoms with Gasteiger partial charge in [0.25, 0.3) is 0 Å². The minimum Gasteiger partial charge on any atom is -0.444 e. The second-order valence-corrected chi connectivity index (χ2v) is 7.17. The van der Waals surface area contributed by atoms with E-state index in [2.05, 4.69) is 0 Å². The lowest BCUT2D eigenvalue weighted by Crippen LogP contribution is -2.46. The molecule has 1 aliphatic carbocycles. The molecule has 0 radical (unpaired) electrons. The number of rotatable bonds is 2. The fourth-order valence-electron chi connectivity index (χ4n) is 3.25. The molecule has 2 unspecified atom stereocenters. The second-order valence-electron chi connectivity index (χ2n) is 7.17. The van der Waals surface area contributed by atoms with Gasteiger partial charge < -0.3 is 14.7 Å². The largest absolute Gasteiger partial charge is 0.444 e. The number of carbonyl (C=O) groups is 1. The fraction of sp³-hybridized carbons (Fsp3) is 0.933. The number of likely N-dealkylation sites (tertiary alicyclic amines) is 1. The Bertz CT molecular complexity index is 342. The molecule has 1 saturated carbocycles. The first kappa shape index (κ1) is 14.6. The summed E-state index contributed by atoms with van der Waals surface area (Å²) in [5, 5.41) is 9.97. The van der Waals surface area contributed by atoms with Crippen LogP contribution in [0.15, 0.2) is 0 Å². The van der Waals surface area contributed by atoms with Gasteiger partial charge in [-0.15, -0.1) is 0 Å². The lowest BCUT2D eigenvalue weighted by atomic mass is 9.79. The molecule has 4 nitrogen and oxygen atoms in total. The van der Waals surface area contributed by atoms with Gasteiger partial charge in [-0.05, 0) is 59.3 Å². The Balaban J connectivity index is 1.96. The van der Waals surface area contributed by atoms with Gasteiger partial charge in [-0.3, -0.25) is 0 Å². The van der Waals surface area contributed by atoms with E-state index < -0.39 is 5.60 Å². The zero-order chi connectivity index (χ0) is 14.3. The van der Waals surface area contributed by atoms with Gasteiger partial charge in [-0.25, -0.2) is 4.79 Å². The number of amides is 1. The fourth-order valence-corrected chi connectivity index (χ4v) is 3.25. The maximum absolute atomic E-state index is 12.1. The van der Waals surface area contributed by atoms with Crippen molar-refractivity contribution >= 4 is 6.09 Å². The molecular formula is C15H27NO3. The van der Waals surface area contributed by atoms with Gasteiger partial charge in [-0.1, -0.05) is 0 Å². The number of hydrogen-bond acceptors (Lipinski definition) is 3. The van der Waals surface area contributed by atoms with Gasteiger partial charge in [-0.2, -0.15) is 0 Å². The van der Waals surface area contributed by atoms with Crippen molar-refractivity contribution in [2.45, 2.75) is 65.1 Å². The van der Waals surface area contributed by atoms with Gasteiger partial charge in [0.05, 0.1) is 6.10 Å². The average molecular weight is 269 g/mol. The van der Waals surface area contributed by atoms with E-state index in [9.17, 15) is 9.90 Å². The van der Waals surface area contributed by atoms with E-state index in [0.29, 0.717) is 5.92 Å². The summed E-state index contributed by atoms with van der Waals surface area (Å²) in [6.45, 7) is 9.08. The first-order chi connectivity index (χ1) is 8.74. The van der Waals surface area contributed by atoms with Crippen molar-refractivity contribution in [3.63, 3.8) is 0 Å². The maximum atomic E-state index is 12.1. The van der Waals surface area contributed by atoms with Crippen molar-refractivity contribution in [1.82, 2.24) is 4.90 Å². The molecule has 0 aromatic heterocycles. The summed E-state index contributed by atoms with van der Waals surface area (Å²) in [7, 11) is 0. The number of piperidine rings is 1. The maximum Gasteiger partial charge on any atom is 0.410 e. The van der Waals surface area contributed by atoms with Crippen LogP contribution in [0.1, 0.15) is 53.4 Å². The molecule has 2 fully saturated rings. The molecule has 4 heteroatoms. The van der Waals surface area contributed by atoms with E-state index >= 15 is 0 Å². The topological polar surface area (TPSA) is 49.8 Å². The molecule has 1 heterocycles. The first-order valence-corrected chi connectivity index (χ1v) is 7.40. The van der Waals surface area contributed by atoms with Gasteiger partial charge in [0, 0.05) is 18.5 Å². The van der Waals surface area contributed by atoms with Crippen LogP contribution >= 0.6 is 0 Å².